The number of hydrogen-bond donors (Lipinski definition) is 1. The van der Waals surface area contributed by atoms with E-state index in [1.165, 1.54) is 30.6 Å². The molecule has 0 bridgehead atoms. The lowest BCUT2D eigenvalue weighted by Gasteiger charge is -2.34. The molecule has 0 radical (unpaired) electrons. The molecule has 1 fully saturated rings. The van der Waals surface area contributed by atoms with Gasteiger partial charge in [0.25, 0.3) is 0 Å². The molecule has 1 saturated carbocycles. The lowest BCUT2D eigenvalue weighted by molar-refractivity contribution is 0.222. The minimum absolute atomic E-state index is 0.441. The summed E-state index contributed by atoms with van der Waals surface area (Å²) >= 11 is 0. The van der Waals surface area contributed by atoms with Crippen molar-refractivity contribution in [1.82, 2.24) is 9.55 Å². The normalized spacial score (nSPS) is 17.9. The van der Waals surface area contributed by atoms with Crippen LogP contribution in [-0.2, 0) is 0 Å². The van der Waals surface area contributed by atoms with Crippen LogP contribution >= 0.6 is 0 Å². The molecule has 1 aromatic carbocycles. The molecular weight excluding hydrogens is 234 g/mol. The van der Waals surface area contributed by atoms with Crippen LogP contribution in [0.25, 0.3) is 11.0 Å². The van der Waals surface area contributed by atoms with Gasteiger partial charge < -0.3 is 10.3 Å². The van der Waals surface area contributed by atoms with Gasteiger partial charge >= 0.3 is 0 Å². The molecule has 2 N–H and O–H groups in total. The second kappa shape index (κ2) is 4.55. The Bertz CT molecular complexity index is 593. The second-order valence-electron chi connectivity index (χ2n) is 6.17. The Kier molecular flexibility index (Phi) is 3.00. The Morgan fingerprint density at radius 1 is 1.26 bits per heavy atom. The number of nitrogens with two attached hydrogens (primary N) is 1. The molecule has 1 aliphatic carbocycles. The van der Waals surface area contributed by atoms with E-state index in [-0.39, 0.29) is 0 Å². The predicted octanol–water partition coefficient (Wildman–Crippen LogP) is 4.10. The highest BCUT2D eigenvalue weighted by Crippen LogP contribution is 2.39. The van der Waals surface area contributed by atoms with Gasteiger partial charge in [-0.15, -0.1) is 0 Å². The molecule has 0 spiro atoms. The number of aromatic nitrogens is 2. The van der Waals surface area contributed by atoms with E-state index in [2.05, 4.69) is 31.4 Å². The molecule has 0 saturated heterocycles. The minimum Gasteiger partial charge on any atom is -0.399 e. The van der Waals surface area contributed by atoms with Gasteiger partial charge in [0.05, 0.1) is 11.0 Å². The SMILES string of the molecule is CC(C)c1nc2cc(N)ccc2n1C(C)C1CCC1. The number of nitrogen functional groups attached to an aromatic ring is 1. The van der Waals surface area contributed by atoms with Crippen LogP contribution < -0.4 is 5.73 Å². The quantitative estimate of drug-likeness (QED) is 0.841. The number of hydrogen-bond acceptors (Lipinski definition) is 2. The Hall–Kier alpha value is -1.51. The van der Waals surface area contributed by atoms with Gasteiger partial charge in [-0.05, 0) is 43.9 Å². The van der Waals surface area contributed by atoms with Gasteiger partial charge in [-0.25, -0.2) is 4.98 Å². The van der Waals surface area contributed by atoms with Crippen LogP contribution in [0.1, 0.15) is 57.8 Å². The first-order valence-corrected chi connectivity index (χ1v) is 7.35. The van der Waals surface area contributed by atoms with E-state index in [1.807, 2.05) is 12.1 Å². The smallest absolute Gasteiger partial charge is 0.112 e. The van der Waals surface area contributed by atoms with Gasteiger partial charge in [0, 0.05) is 17.6 Å². The standard InChI is InChI=1S/C16H23N3/c1-10(2)16-18-14-9-13(17)7-8-15(14)19(16)11(3)12-5-4-6-12/h7-12H,4-6,17H2,1-3H3. The largest absolute Gasteiger partial charge is 0.399 e. The maximum absolute atomic E-state index is 5.88. The highest BCUT2D eigenvalue weighted by Gasteiger charge is 2.28. The number of benzene rings is 1. The molecule has 102 valence electrons. The summed E-state index contributed by atoms with van der Waals surface area (Å²) in [6.45, 7) is 6.77. The Balaban J connectivity index is 2.15. The van der Waals surface area contributed by atoms with Crippen molar-refractivity contribution in [3.8, 4) is 0 Å². The summed E-state index contributed by atoms with van der Waals surface area (Å²) in [7, 11) is 0. The van der Waals surface area contributed by atoms with Crippen molar-refractivity contribution in [3.63, 3.8) is 0 Å². The van der Waals surface area contributed by atoms with Crippen LogP contribution in [0.4, 0.5) is 5.69 Å². The molecule has 3 heteroatoms. The molecule has 3 rings (SSSR count). The predicted molar refractivity (Wildman–Crippen MR) is 80.3 cm³/mol. The van der Waals surface area contributed by atoms with Crippen molar-refractivity contribution in [1.29, 1.82) is 0 Å². The van der Waals surface area contributed by atoms with Crippen molar-refractivity contribution in [2.75, 3.05) is 5.73 Å². The highest BCUT2D eigenvalue weighted by molar-refractivity contribution is 5.80. The maximum atomic E-state index is 5.88. The molecule has 2 aromatic rings. The van der Waals surface area contributed by atoms with Crippen molar-refractivity contribution in [2.24, 2.45) is 5.92 Å². The van der Waals surface area contributed by atoms with E-state index in [0.29, 0.717) is 12.0 Å². The Labute approximate surface area is 114 Å². The van der Waals surface area contributed by atoms with Crippen molar-refractivity contribution in [2.45, 2.75) is 52.0 Å². The summed E-state index contributed by atoms with van der Waals surface area (Å²) in [6, 6.07) is 6.64. The molecule has 1 heterocycles. The summed E-state index contributed by atoms with van der Waals surface area (Å²) < 4.78 is 2.45. The first-order chi connectivity index (χ1) is 9.08. The topological polar surface area (TPSA) is 43.8 Å². The average Bonchev–Trinajstić information content (AvgIpc) is 2.64. The van der Waals surface area contributed by atoms with Crippen molar-refractivity contribution in [3.05, 3.63) is 24.0 Å². The summed E-state index contributed by atoms with van der Waals surface area (Å²) in [6.07, 6.45) is 4.09. The molecule has 1 aromatic heterocycles. The van der Waals surface area contributed by atoms with E-state index < -0.39 is 0 Å². The summed E-state index contributed by atoms with van der Waals surface area (Å²) in [5, 5.41) is 0. The molecule has 0 amide bonds. The molecule has 3 nitrogen and oxygen atoms in total. The number of nitrogens with zero attached hydrogens (tertiary/aromatic N) is 2. The van der Waals surface area contributed by atoms with Crippen molar-refractivity contribution >= 4 is 16.7 Å². The van der Waals surface area contributed by atoms with Crippen LogP contribution in [0.15, 0.2) is 18.2 Å². The Morgan fingerprint density at radius 3 is 2.58 bits per heavy atom. The van der Waals surface area contributed by atoms with Gasteiger partial charge in [0.15, 0.2) is 0 Å². The number of fused-ring (bicyclic) bond motifs is 1. The van der Waals surface area contributed by atoms with E-state index in [9.17, 15) is 0 Å². The fourth-order valence-corrected chi connectivity index (χ4v) is 3.10. The first kappa shape index (κ1) is 12.5. The maximum Gasteiger partial charge on any atom is 0.112 e. The minimum atomic E-state index is 0.441. The fraction of sp³-hybridized carbons (Fsp3) is 0.562. The molecule has 1 atom stereocenters. The zero-order valence-corrected chi connectivity index (χ0v) is 12.1. The number of anilines is 1. The van der Waals surface area contributed by atoms with Crippen molar-refractivity contribution < 1.29 is 0 Å². The van der Waals surface area contributed by atoms with Gasteiger partial charge in [-0.3, -0.25) is 0 Å². The number of rotatable bonds is 3. The van der Waals surface area contributed by atoms with Gasteiger partial charge in [-0.2, -0.15) is 0 Å². The zero-order chi connectivity index (χ0) is 13.6. The van der Waals surface area contributed by atoms with Crippen LogP contribution in [0.3, 0.4) is 0 Å². The third-order valence-electron chi connectivity index (χ3n) is 4.50. The number of imidazole rings is 1. The third kappa shape index (κ3) is 2.01. The summed E-state index contributed by atoms with van der Waals surface area (Å²) in [4.78, 5) is 4.82. The molecular formula is C16H23N3. The van der Waals surface area contributed by atoms with Gasteiger partial charge in [0.2, 0.25) is 0 Å². The van der Waals surface area contributed by atoms with Crippen LogP contribution in [0.2, 0.25) is 0 Å². The summed E-state index contributed by atoms with van der Waals surface area (Å²) in [5.41, 5.74) is 8.95. The van der Waals surface area contributed by atoms with E-state index in [0.717, 1.165) is 17.1 Å². The van der Waals surface area contributed by atoms with E-state index in [1.54, 1.807) is 0 Å². The van der Waals surface area contributed by atoms with Crippen LogP contribution in [-0.4, -0.2) is 9.55 Å². The monoisotopic (exact) mass is 257 g/mol. The molecule has 1 aliphatic rings. The zero-order valence-electron chi connectivity index (χ0n) is 12.1. The first-order valence-electron chi connectivity index (χ1n) is 7.35. The Morgan fingerprint density at radius 2 is 2.00 bits per heavy atom. The highest BCUT2D eigenvalue weighted by atomic mass is 15.1. The van der Waals surface area contributed by atoms with E-state index >= 15 is 0 Å². The van der Waals surface area contributed by atoms with Gasteiger partial charge in [0.1, 0.15) is 5.82 Å². The van der Waals surface area contributed by atoms with Crippen LogP contribution in [0.5, 0.6) is 0 Å². The average molecular weight is 257 g/mol. The lowest BCUT2D eigenvalue weighted by atomic mass is 9.80. The van der Waals surface area contributed by atoms with E-state index in [4.69, 9.17) is 10.7 Å². The lowest BCUT2D eigenvalue weighted by Crippen LogP contribution is -2.24. The molecule has 19 heavy (non-hydrogen) atoms. The molecule has 1 unspecified atom stereocenters. The second-order valence-corrected chi connectivity index (χ2v) is 6.17. The van der Waals surface area contributed by atoms with Crippen LogP contribution in [0, 0.1) is 5.92 Å². The fourth-order valence-electron chi connectivity index (χ4n) is 3.10. The molecule has 0 aliphatic heterocycles. The van der Waals surface area contributed by atoms with Gasteiger partial charge in [-0.1, -0.05) is 20.3 Å². The third-order valence-corrected chi connectivity index (χ3v) is 4.50. The summed E-state index contributed by atoms with van der Waals surface area (Å²) in [5.74, 6) is 2.45.